The predicted octanol–water partition coefficient (Wildman–Crippen LogP) is 5.09. The van der Waals surface area contributed by atoms with Gasteiger partial charge in [-0.2, -0.15) is 18.4 Å². The molecule has 0 aliphatic carbocycles. The normalized spacial score (nSPS) is 11.2. The summed E-state index contributed by atoms with van der Waals surface area (Å²) in [6.45, 7) is 0. The highest BCUT2D eigenvalue weighted by molar-refractivity contribution is 6.33. The van der Waals surface area contributed by atoms with Crippen LogP contribution in [-0.2, 0) is 12.6 Å². The minimum absolute atomic E-state index is 0.184. The van der Waals surface area contributed by atoms with Gasteiger partial charge in [-0.1, -0.05) is 29.8 Å². The topological polar surface area (TPSA) is 23.8 Å². The molecule has 0 spiro atoms. The Bertz CT molecular complexity index is 672. The van der Waals surface area contributed by atoms with E-state index in [2.05, 4.69) is 0 Å². The molecule has 0 saturated heterocycles. The van der Waals surface area contributed by atoms with E-state index in [-0.39, 0.29) is 6.42 Å². The van der Waals surface area contributed by atoms with Crippen LogP contribution in [0.5, 0.6) is 0 Å². The fourth-order valence-electron chi connectivity index (χ4n) is 1.86. The molecule has 1 nitrogen and oxygen atoms in total. The van der Waals surface area contributed by atoms with E-state index >= 15 is 0 Å². The third-order valence-corrected chi connectivity index (χ3v) is 3.14. The Morgan fingerprint density at radius 1 is 1.10 bits per heavy atom. The van der Waals surface area contributed by atoms with Gasteiger partial charge in [0.2, 0.25) is 0 Å². The summed E-state index contributed by atoms with van der Waals surface area (Å²) in [5, 5.41) is 9.02. The Morgan fingerprint density at radius 2 is 1.85 bits per heavy atom. The summed E-state index contributed by atoms with van der Waals surface area (Å²) in [7, 11) is 0. The Hall–Kier alpha value is -1.99. The molecule has 2 aromatic carbocycles. The van der Waals surface area contributed by atoms with Crippen LogP contribution in [0.1, 0.15) is 11.1 Å². The molecule has 0 heterocycles. The van der Waals surface area contributed by atoms with Crippen LogP contribution in [0.25, 0.3) is 11.1 Å². The number of hydrogen-bond acceptors (Lipinski definition) is 1. The van der Waals surface area contributed by atoms with Crippen LogP contribution >= 0.6 is 11.6 Å². The molecule has 0 fully saturated rings. The van der Waals surface area contributed by atoms with Gasteiger partial charge in [0.1, 0.15) is 0 Å². The lowest BCUT2D eigenvalue weighted by Crippen LogP contribution is -2.04. The lowest BCUT2D eigenvalue weighted by atomic mass is 10.00. The van der Waals surface area contributed by atoms with Crippen molar-refractivity contribution in [2.24, 2.45) is 0 Å². The highest BCUT2D eigenvalue weighted by atomic mass is 35.5. The van der Waals surface area contributed by atoms with Gasteiger partial charge in [0.25, 0.3) is 0 Å². The fourth-order valence-corrected chi connectivity index (χ4v) is 2.08. The Morgan fingerprint density at radius 3 is 2.50 bits per heavy atom. The number of rotatable bonds is 2. The number of hydrogen-bond donors (Lipinski definition) is 0. The third kappa shape index (κ3) is 3.12. The standard InChI is InChI=1S/C15H9ClF3N/c16-14-5-4-10(6-7-20)8-13(14)11-2-1-3-12(9-11)15(17,18)19/h1-5,8-9H,6H2. The molecular formula is C15H9ClF3N. The molecule has 0 amide bonds. The molecule has 0 aliphatic heterocycles. The molecule has 20 heavy (non-hydrogen) atoms. The first-order valence-corrected chi connectivity index (χ1v) is 6.12. The second-order valence-corrected chi connectivity index (χ2v) is 4.63. The highest BCUT2D eigenvalue weighted by Gasteiger charge is 2.30. The summed E-state index contributed by atoms with van der Waals surface area (Å²) < 4.78 is 38.1. The molecule has 2 rings (SSSR count). The van der Waals surface area contributed by atoms with Crippen molar-refractivity contribution >= 4 is 11.6 Å². The molecule has 0 atom stereocenters. The minimum atomic E-state index is -4.40. The van der Waals surface area contributed by atoms with Crippen molar-refractivity contribution in [3.05, 3.63) is 58.6 Å². The maximum Gasteiger partial charge on any atom is 0.416 e. The summed E-state index contributed by atoms with van der Waals surface area (Å²) in [5.74, 6) is 0. The lowest BCUT2D eigenvalue weighted by Gasteiger charge is -2.10. The van der Waals surface area contributed by atoms with Crippen molar-refractivity contribution in [3.8, 4) is 17.2 Å². The van der Waals surface area contributed by atoms with Gasteiger partial charge in [-0.3, -0.25) is 0 Å². The Labute approximate surface area is 119 Å². The van der Waals surface area contributed by atoms with Crippen LogP contribution in [0.2, 0.25) is 5.02 Å². The van der Waals surface area contributed by atoms with Crippen LogP contribution in [0.15, 0.2) is 42.5 Å². The zero-order valence-electron chi connectivity index (χ0n) is 10.2. The van der Waals surface area contributed by atoms with Gasteiger partial charge in [0.05, 0.1) is 18.1 Å². The van der Waals surface area contributed by atoms with Crippen molar-refractivity contribution in [3.63, 3.8) is 0 Å². The first-order chi connectivity index (χ1) is 9.41. The van der Waals surface area contributed by atoms with Crippen molar-refractivity contribution in [2.45, 2.75) is 12.6 Å². The molecule has 5 heteroatoms. The van der Waals surface area contributed by atoms with Crippen molar-refractivity contribution in [1.29, 1.82) is 5.26 Å². The van der Waals surface area contributed by atoms with Crippen molar-refractivity contribution < 1.29 is 13.2 Å². The second kappa shape index (κ2) is 5.56. The van der Waals surface area contributed by atoms with E-state index in [4.69, 9.17) is 16.9 Å². The van der Waals surface area contributed by atoms with Crippen molar-refractivity contribution in [1.82, 2.24) is 0 Å². The van der Waals surface area contributed by atoms with Crippen LogP contribution in [0.3, 0.4) is 0 Å². The summed E-state index contributed by atoms with van der Waals surface area (Å²) in [4.78, 5) is 0. The zero-order chi connectivity index (χ0) is 14.8. The maximum atomic E-state index is 12.7. The monoisotopic (exact) mass is 295 g/mol. The SMILES string of the molecule is N#CCc1ccc(Cl)c(-c2cccc(C(F)(F)F)c2)c1. The molecule has 0 bridgehead atoms. The molecule has 102 valence electrons. The van der Waals surface area contributed by atoms with Gasteiger partial charge in [-0.15, -0.1) is 0 Å². The number of benzene rings is 2. The van der Waals surface area contributed by atoms with Gasteiger partial charge in [-0.25, -0.2) is 0 Å². The van der Waals surface area contributed by atoms with Crippen LogP contribution in [-0.4, -0.2) is 0 Å². The third-order valence-electron chi connectivity index (χ3n) is 2.81. The lowest BCUT2D eigenvalue weighted by molar-refractivity contribution is -0.137. The molecule has 2 aromatic rings. The maximum absolute atomic E-state index is 12.7. The van der Waals surface area contributed by atoms with E-state index in [9.17, 15) is 13.2 Å². The van der Waals surface area contributed by atoms with Gasteiger partial charge in [0, 0.05) is 10.6 Å². The average Bonchev–Trinajstić information content (AvgIpc) is 2.40. The van der Waals surface area contributed by atoms with Crippen LogP contribution < -0.4 is 0 Å². The van der Waals surface area contributed by atoms with E-state index in [0.717, 1.165) is 12.1 Å². The van der Waals surface area contributed by atoms with E-state index in [1.54, 1.807) is 24.3 Å². The quantitative estimate of drug-likeness (QED) is 0.757. The summed E-state index contributed by atoms with van der Waals surface area (Å²) >= 11 is 6.03. The molecular weight excluding hydrogens is 287 g/mol. The average molecular weight is 296 g/mol. The summed E-state index contributed by atoms with van der Waals surface area (Å²) in [6.07, 6.45) is -4.21. The fraction of sp³-hybridized carbons (Fsp3) is 0.133. The molecule has 0 N–H and O–H groups in total. The van der Waals surface area contributed by atoms with E-state index in [0.29, 0.717) is 21.7 Å². The smallest absolute Gasteiger partial charge is 0.198 e. The first kappa shape index (κ1) is 14.4. The second-order valence-electron chi connectivity index (χ2n) is 4.23. The van der Waals surface area contributed by atoms with Gasteiger partial charge in [0.15, 0.2) is 0 Å². The molecule has 0 unspecified atom stereocenters. The first-order valence-electron chi connectivity index (χ1n) is 5.75. The number of halogens is 4. The van der Waals surface area contributed by atoms with Crippen molar-refractivity contribution in [2.75, 3.05) is 0 Å². The molecule has 0 aliphatic rings. The van der Waals surface area contributed by atoms with E-state index in [1.165, 1.54) is 6.07 Å². The molecule has 0 aromatic heterocycles. The summed E-state index contributed by atoms with van der Waals surface area (Å²) in [5.41, 5.74) is 0.858. The van der Waals surface area contributed by atoms with Gasteiger partial charge < -0.3 is 0 Å². The number of alkyl halides is 3. The van der Waals surface area contributed by atoms with Crippen LogP contribution in [0, 0.1) is 11.3 Å². The van der Waals surface area contributed by atoms with Crippen LogP contribution in [0.4, 0.5) is 13.2 Å². The zero-order valence-corrected chi connectivity index (χ0v) is 11.0. The molecule has 0 saturated carbocycles. The number of nitrogens with zero attached hydrogens (tertiary/aromatic N) is 1. The Balaban J connectivity index is 2.51. The Kier molecular flexibility index (Phi) is 4.01. The number of nitriles is 1. The van der Waals surface area contributed by atoms with E-state index in [1.807, 2.05) is 6.07 Å². The van der Waals surface area contributed by atoms with E-state index < -0.39 is 11.7 Å². The van der Waals surface area contributed by atoms with Gasteiger partial charge >= 0.3 is 6.18 Å². The van der Waals surface area contributed by atoms with Gasteiger partial charge in [-0.05, 0) is 35.4 Å². The highest BCUT2D eigenvalue weighted by Crippen LogP contribution is 2.34. The predicted molar refractivity (Wildman–Crippen MR) is 71.2 cm³/mol. The summed E-state index contributed by atoms with van der Waals surface area (Å²) in [6, 6.07) is 11.9. The molecule has 0 radical (unpaired) electrons. The largest absolute Gasteiger partial charge is 0.416 e. The minimum Gasteiger partial charge on any atom is -0.198 e.